The van der Waals surface area contributed by atoms with E-state index in [9.17, 15) is 0 Å². The summed E-state index contributed by atoms with van der Waals surface area (Å²) in [7, 11) is 3.98. The van der Waals surface area contributed by atoms with E-state index in [-0.39, 0.29) is 0 Å². The minimum absolute atomic E-state index is 0.314. The van der Waals surface area contributed by atoms with Gasteiger partial charge in [0.1, 0.15) is 0 Å². The Bertz CT molecular complexity index is 593. The van der Waals surface area contributed by atoms with Crippen molar-refractivity contribution in [3.8, 4) is 0 Å². The normalized spacial score (nSPS) is 22.6. The molecule has 0 spiro atoms. The van der Waals surface area contributed by atoms with E-state index in [2.05, 4.69) is 58.3 Å². The van der Waals surface area contributed by atoms with Crippen LogP contribution in [0.3, 0.4) is 0 Å². The molecule has 0 aromatic heterocycles. The second-order valence-electron chi connectivity index (χ2n) is 7.61. The summed E-state index contributed by atoms with van der Waals surface area (Å²) < 4.78 is 11.1. The summed E-state index contributed by atoms with van der Waals surface area (Å²) in [4.78, 5) is 9.24. The van der Waals surface area contributed by atoms with Gasteiger partial charge >= 0.3 is 0 Å². The Hall–Kier alpha value is -1.63. The molecule has 0 saturated carbocycles. The van der Waals surface area contributed by atoms with Gasteiger partial charge < -0.3 is 19.7 Å². The third kappa shape index (κ3) is 5.67. The van der Waals surface area contributed by atoms with Crippen LogP contribution >= 0.6 is 0 Å². The first-order valence-electron chi connectivity index (χ1n) is 10.0. The molecular formula is C21H34N4O2. The van der Waals surface area contributed by atoms with Crippen molar-refractivity contribution in [2.45, 2.75) is 19.4 Å². The van der Waals surface area contributed by atoms with Gasteiger partial charge in [-0.2, -0.15) is 0 Å². The molecule has 0 amide bonds. The number of aliphatic imine (C=N–C) groups is 1. The van der Waals surface area contributed by atoms with Crippen molar-refractivity contribution in [2.24, 2.45) is 10.9 Å². The molecule has 150 valence electrons. The van der Waals surface area contributed by atoms with Crippen molar-refractivity contribution < 1.29 is 9.47 Å². The van der Waals surface area contributed by atoms with Gasteiger partial charge in [0.05, 0.1) is 25.9 Å². The van der Waals surface area contributed by atoms with E-state index >= 15 is 0 Å². The average Bonchev–Trinajstić information content (AvgIpc) is 3.20. The van der Waals surface area contributed by atoms with E-state index in [0.717, 1.165) is 65.0 Å². The molecule has 6 heteroatoms. The van der Waals surface area contributed by atoms with Gasteiger partial charge in [-0.25, -0.2) is 0 Å². The maximum Gasteiger partial charge on any atom is 0.193 e. The Morgan fingerprint density at radius 1 is 1.22 bits per heavy atom. The van der Waals surface area contributed by atoms with Gasteiger partial charge in [0.2, 0.25) is 0 Å². The summed E-state index contributed by atoms with van der Waals surface area (Å²) in [6.45, 7) is 9.24. The van der Waals surface area contributed by atoms with Crippen molar-refractivity contribution in [1.29, 1.82) is 0 Å². The second-order valence-corrected chi connectivity index (χ2v) is 7.61. The number of aryl methyl sites for hydroxylation is 1. The molecule has 2 fully saturated rings. The molecule has 1 N–H and O–H groups in total. The number of hydrogen-bond acceptors (Lipinski definition) is 4. The highest BCUT2D eigenvalue weighted by molar-refractivity contribution is 5.79. The Morgan fingerprint density at radius 3 is 2.59 bits per heavy atom. The van der Waals surface area contributed by atoms with Crippen LogP contribution in [0.1, 0.15) is 23.6 Å². The first kappa shape index (κ1) is 20.1. The zero-order valence-electron chi connectivity index (χ0n) is 17.0. The molecule has 2 atom stereocenters. The van der Waals surface area contributed by atoms with Crippen LogP contribution in [0, 0.1) is 12.8 Å². The zero-order chi connectivity index (χ0) is 19.1. The van der Waals surface area contributed by atoms with Crippen LogP contribution in [0.4, 0.5) is 0 Å². The third-order valence-electron chi connectivity index (χ3n) is 5.53. The molecule has 2 aliphatic heterocycles. The summed E-state index contributed by atoms with van der Waals surface area (Å²) in [5, 5.41) is 3.61. The van der Waals surface area contributed by atoms with E-state index in [1.807, 2.05) is 7.05 Å². The van der Waals surface area contributed by atoms with Gasteiger partial charge in [-0.15, -0.1) is 0 Å². The maximum absolute atomic E-state index is 5.56. The number of nitrogens with zero attached hydrogens (tertiary/aromatic N) is 3. The van der Waals surface area contributed by atoms with Gasteiger partial charge in [-0.3, -0.25) is 9.89 Å². The summed E-state index contributed by atoms with van der Waals surface area (Å²) in [6.07, 6.45) is 1.14. The van der Waals surface area contributed by atoms with Crippen molar-refractivity contribution in [2.75, 3.05) is 66.7 Å². The van der Waals surface area contributed by atoms with Crippen LogP contribution in [0.2, 0.25) is 0 Å². The number of ether oxygens (including phenoxy) is 2. The van der Waals surface area contributed by atoms with Gasteiger partial charge in [0.25, 0.3) is 0 Å². The molecule has 0 radical (unpaired) electrons. The van der Waals surface area contributed by atoms with Gasteiger partial charge in [-0.05, 0) is 18.9 Å². The predicted molar refractivity (Wildman–Crippen MR) is 109 cm³/mol. The summed E-state index contributed by atoms with van der Waals surface area (Å²) in [5.74, 6) is 1.55. The van der Waals surface area contributed by atoms with Gasteiger partial charge in [0, 0.05) is 52.8 Å². The number of guanidine groups is 1. The number of hydrogen-bond donors (Lipinski definition) is 1. The third-order valence-corrected chi connectivity index (χ3v) is 5.53. The molecule has 3 rings (SSSR count). The highest BCUT2D eigenvalue weighted by Crippen LogP contribution is 2.22. The number of rotatable bonds is 6. The molecule has 2 heterocycles. The molecule has 1 aromatic carbocycles. The first-order chi connectivity index (χ1) is 13.2. The highest BCUT2D eigenvalue weighted by Gasteiger charge is 2.24. The molecule has 6 nitrogen and oxygen atoms in total. The van der Waals surface area contributed by atoms with Crippen molar-refractivity contribution in [1.82, 2.24) is 15.1 Å². The fourth-order valence-corrected chi connectivity index (χ4v) is 3.91. The molecule has 2 aliphatic rings. The number of benzene rings is 1. The van der Waals surface area contributed by atoms with Crippen LogP contribution in [-0.4, -0.2) is 82.5 Å². The zero-order valence-corrected chi connectivity index (χ0v) is 17.0. The van der Waals surface area contributed by atoms with Crippen LogP contribution in [0.25, 0.3) is 0 Å². The first-order valence-corrected chi connectivity index (χ1v) is 10.0. The molecule has 0 bridgehead atoms. The standard InChI is InChI=1S/C21H34N4O2/c1-17-4-6-19(7-5-17)20(25-9-12-26-13-10-25)14-23-21(22-2)24(3)15-18-8-11-27-16-18/h4-7,18,20H,8-16H2,1-3H3,(H,22,23). The Labute approximate surface area is 163 Å². The smallest absolute Gasteiger partial charge is 0.193 e. The number of morpholine rings is 1. The monoisotopic (exact) mass is 374 g/mol. The van der Waals surface area contributed by atoms with Crippen LogP contribution in [0.5, 0.6) is 0 Å². The molecular weight excluding hydrogens is 340 g/mol. The van der Waals surface area contributed by atoms with Crippen molar-refractivity contribution >= 4 is 5.96 Å². The fraction of sp³-hybridized carbons (Fsp3) is 0.667. The maximum atomic E-state index is 5.56. The quantitative estimate of drug-likeness (QED) is 0.609. The van der Waals surface area contributed by atoms with E-state index in [1.54, 1.807) is 0 Å². The van der Waals surface area contributed by atoms with Gasteiger partial charge in [0.15, 0.2) is 5.96 Å². The van der Waals surface area contributed by atoms with Crippen LogP contribution in [0.15, 0.2) is 29.3 Å². The summed E-state index contributed by atoms with van der Waals surface area (Å²) in [5.41, 5.74) is 2.64. The van der Waals surface area contributed by atoms with Crippen LogP contribution in [-0.2, 0) is 9.47 Å². The van der Waals surface area contributed by atoms with E-state index in [1.165, 1.54) is 11.1 Å². The predicted octanol–water partition coefficient (Wildman–Crippen LogP) is 1.91. The lowest BCUT2D eigenvalue weighted by molar-refractivity contribution is 0.0169. The summed E-state index contributed by atoms with van der Waals surface area (Å²) >= 11 is 0. The Morgan fingerprint density at radius 2 is 1.96 bits per heavy atom. The molecule has 0 aliphatic carbocycles. The van der Waals surface area contributed by atoms with Gasteiger partial charge in [-0.1, -0.05) is 29.8 Å². The minimum atomic E-state index is 0.314. The van der Waals surface area contributed by atoms with E-state index in [4.69, 9.17) is 9.47 Å². The lowest BCUT2D eigenvalue weighted by Gasteiger charge is -2.36. The number of nitrogens with one attached hydrogen (secondary N) is 1. The topological polar surface area (TPSA) is 49.3 Å². The lowest BCUT2D eigenvalue weighted by atomic mass is 10.0. The summed E-state index contributed by atoms with van der Waals surface area (Å²) in [6, 6.07) is 9.21. The molecule has 27 heavy (non-hydrogen) atoms. The van der Waals surface area contributed by atoms with Crippen molar-refractivity contribution in [3.63, 3.8) is 0 Å². The highest BCUT2D eigenvalue weighted by atomic mass is 16.5. The fourth-order valence-electron chi connectivity index (χ4n) is 3.91. The van der Waals surface area contributed by atoms with E-state index in [0.29, 0.717) is 12.0 Å². The SMILES string of the molecule is CN=C(NCC(c1ccc(C)cc1)N1CCOCC1)N(C)CC1CCOC1. The van der Waals surface area contributed by atoms with E-state index < -0.39 is 0 Å². The second kappa shape index (κ2) is 10.1. The Kier molecular flexibility index (Phi) is 7.50. The average molecular weight is 375 g/mol. The Balaban J connectivity index is 1.64. The molecule has 1 aromatic rings. The molecule has 2 unspecified atom stereocenters. The van der Waals surface area contributed by atoms with Crippen LogP contribution < -0.4 is 5.32 Å². The minimum Gasteiger partial charge on any atom is -0.381 e. The lowest BCUT2D eigenvalue weighted by Crippen LogP contribution is -2.47. The largest absolute Gasteiger partial charge is 0.381 e. The van der Waals surface area contributed by atoms with Crippen molar-refractivity contribution in [3.05, 3.63) is 35.4 Å². The molecule has 2 saturated heterocycles.